The molecule has 0 aromatic rings. The van der Waals surface area contributed by atoms with Crippen LogP contribution in [0.1, 0.15) is 348 Å². The van der Waals surface area contributed by atoms with Crippen molar-refractivity contribution in [2.45, 2.75) is 354 Å². The molecular formula is C74H130O6. The van der Waals surface area contributed by atoms with Crippen molar-refractivity contribution in [3.8, 4) is 0 Å². The number of carbonyl (C=O) groups is 3. The zero-order valence-corrected chi connectivity index (χ0v) is 53.1. The largest absolute Gasteiger partial charge is 0.462 e. The maximum Gasteiger partial charge on any atom is 0.306 e. The summed E-state index contributed by atoms with van der Waals surface area (Å²) in [6.45, 7) is 6.60. The highest BCUT2D eigenvalue weighted by atomic mass is 16.6. The number of allylic oxidation sites excluding steroid dienone is 14. The van der Waals surface area contributed by atoms with Gasteiger partial charge in [0, 0.05) is 19.3 Å². The van der Waals surface area contributed by atoms with Crippen LogP contribution in [0.2, 0.25) is 0 Å². The Kier molecular flexibility index (Phi) is 65.2. The summed E-state index contributed by atoms with van der Waals surface area (Å²) in [5, 5.41) is 0. The van der Waals surface area contributed by atoms with E-state index in [1.165, 1.54) is 212 Å². The fourth-order valence-electron chi connectivity index (χ4n) is 9.85. The fraction of sp³-hybridized carbons (Fsp3) is 0.770. The number of unbranched alkanes of at least 4 members (excludes halogenated alkanes) is 38. The minimum atomic E-state index is -0.787. The van der Waals surface area contributed by atoms with Gasteiger partial charge in [-0.15, -0.1) is 0 Å². The van der Waals surface area contributed by atoms with Crippen LogP contribution in [0, 0.1) is 0 Å². The van der Waals surface area contributed by atoms with Crippen LogP contribution in [0.25, 0.3) is 0 Å². The first-order valence-corrected chi connectivity index (χ1v) is 34.6. The Bertz CT molecular complexity index is 1520. The van der Waals surface area contributed by atoms with E-state index in [1.54, 1.807) is 0 Å². The molecule has 0 amide bonds. The average Bonchev–Trinajstić information content (AvgIpc) is 3.46. The van der Waals surface area contributed by atoms with Gasteiger partial charge in [0.15, 0.2) is 6.10 Å². The Morgan fingerprint density at radius 3 is 0.738 bits per heavy atom. The van der Waals surface area contributed by atoms with Crippen molar-refractivity contribution in [1.29, 1.82) is 0 Å². The number of rotatable bonds is 63. The molecule has 0 heterocycles. The van der Waals surface area contributed by atoms with Crippen LogP contribution in [-0.2, 0) is 28.6 Å². The normalized spacial score (nSPS) is 12.6. The SMILES string of the molecule is CCCC/C=C\C/C=C\CCCCCCCC(=O)OCC(COC(=O)CCCCCCCCCCCCCC/C=C\C/C=C\C/C=C\CCCCCCC)OC(=O)CCCCCCCCCCC/C=C\C/C=C\CCCCCCC. The number of ether oxygens (including phenoxy) is 3. The molecule has 0 N–H and O–H groups in total. The quantitative estimate of drug-likeness (QED) is 0.0261. The van der Waals surface area contributed by atoms with E-state index in [0.29, 0.717) is 19.3 Å². The molecule has 0 spiro atoms. The Labute approximate surface area is 496 Å². The molecule has 0 radical (unpaired) electrons. The van der Waals surface area contributed by atoms with Gasteiger partial charge in [-0.2, -0.15) is 0 Å². The second kappa shape index (κ2) is 68.1. The lowest BCUT2D eigenvalue weighted by Gasteiger charge is -2.18. The Morgan fingerprint density at radius 1 is 0.250 bits per heavy atom. The molecule has 0 aromatic carbocycles. The van der Waals surface area contributed by atoms with Gasteiger partial charge in [-0.3, -0.25) is 14.4 Å². The van der Waals surface area contributed by atoms with E-state index in [-0.39, 0.29) is 31.1 Å². The van der Waals surface area contributed by atoms with E-state index in [1.807, 2.05) is 0 Å². The van der Waals surface area contributed by atoms with Crippen molar-refractivity contribution in [3.05, 3.63) is 85.1 Å². The molecule has 0 aliphatic carbocycles. The summed E-state index contributed by atoms with van der Waals surface area (Å²) < 4.78 is 17.0. The van der Waals surface area contributed by atoms with Crippen LogP contribution in [-0.4, -0.2) is 37.2 Å². The van der Waals surface area contributed by atoms with Crippen LogP contribution in [0.15, 0.2) is 85.1 Å². The third-order valence-electron chi connectivity index (χ3n) is 15.1. The van der Waals surface area contributed by atoms with Gasteiger partial charge in [-0.05, 0) is 116 Å². The Hall–Kier alpha value is -3.41. The van der Waals surface area contributed by atoms with Crippen LogP contribution >= 0.6 is 0 Å². The van der Waals surface area contributed by atoms with Crippen LogP contribution < -0.4 is 0 Å². The molecule has 6 nitrogen and oxygen atoms in total. The summed E-state index contributed by atoms with van der Waals surface area (Å²) in [6.07, 6.45) is 90.3. The van der Waals surface area contributed by atoms with Gasteiger partial charge in [-0.1, -0.05) is 298 Å². The highest BCUT2D eigenvalue weighted by Gasteiger charge is 2.19. The molecule has 0 fully saturated rings. The standard InChI is InChI=1S/C74H130O6/c1-4-7-10-13-16-19-22-25-28-30-32-34-35-36-37-38-39-41-42-44-46-49-52-55-58-61-64-67-73(76)79-70-71(69-78-72(75)66-63-60-57-54-51-48-27-24-21-18-15-12-9-6-3)80-74(77)68-65-62-59-56-53-50-47-45-43-40-33-31-29-26-23-20-17-14-11-8-5-2/h15,18,22-27,30-33,35-36,71H,4-14,16-17,19-21,28-29,34,37-70H2,1-3H3/b18-15-,25-22-,26-23-,27-24-,32-30-,33-31-,36-35-. The summed E-state index contributed by atoms with van der Waals surface area (Å²) in [4.78, 5) is 38.4. The predicted octanol–water partition coefficient (Wildman–Crippen LogP) is 23.8. The van der Waals surface area contributed by atoms with Gasteiger partial charge < -0.3 is 14.2 Å². The van der Waals surface area contributed by atoms with Crippen molar-refractivity contribution in [2.75, 3.05) is 13.2 Å². The second-order valence-corrected chi connectivity index (χ2v) is 23.1. The Balaban J connectivity index is 4.31. The average molecular weight is 1120 g/mol. The van der Waals surface area contributed by atoms with Crippen LogP contribution in [0.4, 0.5) is 0 Å². The summed E-state index contributed by atoms with van der Waals surface area (Å²) in [6, 6.07) is 0. The molecule has 0 bridgehead atoms. The monoisotopic (exact) mass is 1110 g/mol. The van der Waals surface area contributed by atoms with Crippen molar-refractivity contribution in [1.82, 2.24) is 0 Å². The predicted molar refractivity (Wildman–Crippen MR) is 348 cm³/mol. The molecule has 1 atom stereocenters. The number of carbonyl (C=O) groups excluding carboxylic acids is 3. The van der Waals surface area contributed by atoms with E-state index >= 15 is 0 Å². The first-order valence-electron chi connectivity index (χ1n) is 34.6. The Morgan fingerprint density at radius 2 is 0.463 bits per heavy atom. The number of esters is 3. The summed E-state index contributed by atoms with van der Waals surface area (Å²) in [5.41, 5.74) is 0. The summed E-state index contributed by atoms with van der Waals surface area (Å²) in [5.74, 6) is -0.887. The molecule has 80 heavy (non-hydrogen) atoms. The first kappa shape index (κ1) is 76.6. The van der Waals surface area contributed by atoms with Crippen molar-refractivity contribution in [2.24, 2.45) is 0 Å². The van der Waals surface area contributed by atoms with E-state index in [2.05, 4.69) is 106 Å². The minimum Gasteiger partial charge on any atom is -0.462 e. The van der Waals surface area contributed by atoms with Crippen LogP contribution in [0.5, 0.6) is 0 Å². The molecule has 0 aromatic heterocycles. The maximum absolute atomic E-state index is 12.9. The lowest BCUT2D eigenvalue weighted by Crippen LogP contribution is -2.30. The molecule has 0 rings (SSSR count). The zero-order chi connectivity index (χ0) is 57.8. The molecule has 0 saturated heterocycles. The topological polar surface area (TPSA) is 78.9 Å². The first-order chi connectivity index (χ1) is 39.5. The van der Waals surface area contributed by atoms with E-state index in [0.717, 1.165) is 96.3 Å². The smallest absolute Gasteiger partial charge is 0.306 e. The minimum absolute atomic E-state index is 0.0823. The second-order valence-electron chi connectivity index (χ2n) is 23.1. The number of hydrogen-bond acceptors (Lipinski definition) is 6. The zero-order valence-electron chi connectivity index (χ0n) is 53.1. The highest BCUT2D eigenvalue weighted by Crippen LogP contribution is 2.17. The molecule has 1 unspecified atom stereocenters. The summed E-state index contributed by atoms with van der Waals surface area (Å²) in [7, 11) is 0. The fourth-order valence-corrected chi connectivity index (χ4v) is 9.85. The van der Waals surface area contributed by atoms with Crippen molar-refractivity contribution in [3.63, 3.8) is 0 Å². The van der Waals surface area contributed by atoms with Gasteiger partial charge in [0.25, 0.3) is 0 Å². The van der Waals surface area contributed by atoms with Gasteiger partial charge in [0.05, 0.1) is 0 Å². The van der Waals surface area contributed by atoms with Crippen molar-refractivity contribution >= 4 is 17.9 Å². The maximum atomic E-state index is 12.9. The van der Waals surface area contributed by atoms with Gasteiger partial charge >= 0.3 is 17.9 Å². The highest BCUT2D eigenvalue weighted by molar-refractivity contribution is 5.71. The lowest BCUT2D eigenvalue weighted by atomic mass is 10.0. The van der Waals surface area contributed by atoms with Gasteiger partial charge in [0.2, 0.25) is 0 Å². The molecule has 0 aliphatic heterocycles. The van der Waals surface area contributed by atoms with Gasteiger partial charge in [-0.25, -0.2) is 0 Å². The lowest BCUT2D eigenvalue weighted by molar-refractivity contribution is -0.167. The van der Waals surface area contributed by atoms with E-state index < -0.39 is 6.10 Å². The van der Waals surface area contributed by atoms with Crippen LogP contribution in [0.3, 0.4) is 0 Å². The third-order valence-corrected chi connectivity index (χ3v) is 15.1. The molecule has 0 aliphatic rings. The summed E-state index contributed by atoms with van der Waals surface area (Å²) >= 11 is 0. The molecule has 6 heteroatoms. The van der Waals surface area contributed by atoms with Crippen molar-refractivity contribution < 1.29 is 28.6 Å². The van der Waals surface area contributed by atoms with Gasteiger partial charge in [0.1, 0.15) is 13.2 Å². The van der Waals surface area contributed by atoms with E-state index in [4.69, 9.17) is 14.2 Å². The van der Waals surface area contributed by atoms with E-state index in [9.17, 15) is 14.4 Å². The molecular weight excluding hydrogens is 985 g/mol. The molecule has 462 valence electrons. The number of hydrogen-bond donors (Lipinski definition) is 0. The molecule has 0 saturated carbocycles. The third kappa shape index (κ3) is 65.4.